The molecular formula is C16H21N5O3. The van der Waals surface area contributed by atoms with Crippen molar-refractivity contribution in [1.82, 2.24) is 15.0 Å². The molecule has 2 N–H and O–H groups in total. The van der Waals surface area contributed by atoms with Gasteiger partial charge in [0.1, 0.15) is 11.3 Å². The smallest absolute Gasteiger partial charge is 0.341 e. The van der Waals surface area contributed by atoms with Crippen molar-refractivity contribution in [1.29, 1.82) is 0 Å². The summed E-state index contributed by atoms with van der Waals surface area (Å²) in [7, 11) is 1.32. The number of anilines is 2. The molecule has 0 amide bonds. The Kier molecular flexibility index (Phi) is 5.89. The number of esters is 1. The van der Waals surface area contributed by atoms with Crippen LogP contribution in [0.1, 0.15) is 31.1 Å². The number of carbonyl (C=O) groups excluding carboxylic acids is 1. The van der Waals surface area contributed by atoms with Crippen molar-refractivity contribution < 1.29 is 14.3 Å². The highest BCUT2D eigenvalue weighted by molar-refractivity contribution is 5.92. The fourth-order valence-corrected chi connectivity index (χ4v) is 1.89. The molecule has 1 heterocycles. The summed E-state index contributed by atoms with van der Waals surface area (Å²) in [5.41, 5.74) is 0.295. The monoisotopic (exact) mass is 331 g/mol. The first-order chi connectivity index (χ1) is 11.5. The largest absolute Gasteiger partial charge is 0.465 e. The average molecular weight is 331 g/mol. The molecule has 2 rings (SSSR count). The van der Waals surface area contributed by atoms with Gasteiger partial charge in [-0.3, -0.25) is 0 Å². The first-order valence-corrected chi connectivity index (χ1v) is 7.65. The van der Waals surface area contributed by atoms with Crippen molar-refractivity contribution in [2.45, 2.75) is 26.8 Å². The maximum Gasteiger partial charge on any atom is 0.341 e. The van der Waals surface area contributed by atoms with Gasteiger partial charge in [0.15, 0.2) is 0 Å². The zero-order valence-electron chi connectivity index (χ0n) is 14.2. The highest BCUT2D eigenvalue weighted by atomic mass is 16.5. The van der Waals surface area contributed by atoms with Gasteiger partial charge in [-0.15, -0.1) is 0 Å². The second-order valence-corrected chi connectivity index (χ2v) is 5.18. The predicted octanol–water partition coefficient (Wildman–Crippen LogP) is 2.70. The first kappa shape index (κ1) is 17.5. The lowest BCUT2D eigenvalue weighted by Gasteiger charge is -2.12. The molecule has 0 saturated heterocycles. The summed E-state index contributed by atoms with van der Waals surface area (Å²) >= 11 is 0. The molecule has 0 spiro atoms. The maximum absolute atomic E-state index is 11.8. The van der Waals surface area contributed by atoms with E-state index in [1.165, 1.54) is 7.11 Å². The van der Waals surface area contributed by atoms with E-state index >= 15 is 0 Å². The number of ether oxygens (including phenoxy) is 2. The van der Waals surface area contributed by atoms with Gasteiger partial charge in [-0.05, 0) is 32.9 Å². The van der Waals surface area contributed by atoms with Crippen LogP contribution < -0.4 is 15.4 Å². The van der Waals surface area contributed by atoms with Gasteiger partial charge in [-0.25, -0.2) is 4.79 Å². The summed E-state index contributed by atoms with van der Waals surface area (Å²) in [5, 5.41) is 6.13. The average Bonchev–Trinajstić information content (AvgIpc) is 2.54. The number of hydrogen-bond acceptors (Lipinski definition) is 8. The molecule has 8 heteroatoms. The van der Waals surface area contributed by atoms with Gasteiger partial charge in [-0.2, -0.15) is 15.0 Å². The molecule has 0 radical (unpaired) electrons. The summed E-state index contributed by atoms with van der Waals surface area (Å²) in [6.07, 6.45) is 0. The fourth-order valence-electron chi connectivity index (χ4n) is 1.89. The zero-order valence-corrected chi connectivity index (χ0v) is 14.2. The van der Waals surface area contributed by atoms with Crippen molar-refractivity contribution >= 4 is 17.9 Å². The Bertz CT molecular complexity index is 706. The molecule has 0 unspecified atom stereocenters. The molecule has 8 nitrogen and oxygen atoms in total. The number of methoxy groups -OCH3 is 1. The Balaban J connectivity index is 2.35. The van der Waals surface area contributed by atoms with E-state index in [9.17, 15) is 4.79 Å². The fraction of sp³-hybridized carbons (Fsp3) is 0.375. The molecular weight excluding hydrogens is 310 g/mol. The molecule has 2 aromatic rings. The van der Waals surface area contributed by atoms with E-state index in [0.717, 1.165) is 0 Å². The Labute approximate surface area is 140 Å². The summed E-state index contributed by atoms with van der Waals surface area (Å²) in [4.78, 5) is 24.5. The normalized spacial score (nSPS) is 10.4. The van der Waals surface area contributed by atoms with Crippen LogP contribution in [0.5, 0.6) is 11.8 Å². The van der Waals surface area contributed by atoms with Gasteiger partial charge >= 0.3 is 12.0 Å². The molecule has 0 fully saturated rings. The van der Waals surface area contributed by atoms with Crippen LogP contribution in [0.4, 0.5) is 11.9 Å². The molecule has 0 aliphatic heterocycles. The minimum Gasteiger partial charge on any atom is -0.465 e. The number of carbonyl (C=O) groups is 1. The summed E-state index contributed by atoms with van der Waals surface area (Å²) in [5.74, 6) is 0.600. The Hall–Kier alpha value is -2.90. The van der Waals surface area contributed by atoms with Crippen molar-refractivity contribution in [3.8, 4) is 11.8 Å². The number of hydrogen-bond donors (Lipinski definition) is 2. The van der Waals surface area contributed by atoms with Crippen LogP contribution in [0.3, 0.4) is 0 Å². The lowest BCUT2D eigenvalue weighted by Crippen LogP contribution is -2.15. The first-order valence-electron chi connectivity index (χ1n) is 7.65. The van der Waals surface area contributed by atoms with E-state index in [1.807, 2.05) is 20.8 Å². The van der Waals surface area contributed by atoms with Crippen LogP contribution in [-0.4, -0.2) is 40.6 Å². The number of benzene rings is 1. The SMILES string of the molecule is CCNc1nc(NC(C)C)nc(Oc2ccccc2C(=O)OC)n1. The van der Waals surface area contributed by atoms with Gasteiger partial charge in [0.25, 0.3) is 0 Å². The standard InChI is InChI=1S/C16H21N5O3/c1-5-17-14-19-15(18-10(2)3)21-16(20-14)24-12-9-7-6-8-11(12)13(22)23-4/h6-10H,5H2,1-4H3,(H2,17,18,19,20,21). The van der Waals surface area contributed by atoms with Crippen molar-refractivity contribution in [3.05, 3.63) is 29.8 Å². The summed E-state index contributed by atoms with van der Waals surface area (Å²) in [6, 6.07) is 6.97. The molecule has 0 saturated carbocycles. The molecule has 1 aromatic heterocycles. The number of rotatable bonds is 7. The van der Waals surface area contributed by atoms with Gasteiger partial charge in [0.2, 0.25) is 11.9 Å². The summed E-state index contributed by atoms with van der Waals surface area (Å²) in [6.45, 7) is 6.54. The van der Waals surface area contributed by atoms with Crippen LogP contribution >= 0.6 is 0 Å². The van der Waals surface area contributed by atoms with E-state index in [-0.39, 0.29) is 12.1 Å². The maximum atomic E-state index is 11.8. The van der Waals surface area contributed by atoms with E-state index in [0.29, 0.717) is 29.8 Å². The minimum atomic E-state index is -0.493. The van der Waals surface area contributed by atoms with Crippen LogP contribution in [-0.2, 0) is 4.74 Å². The van der Waals surface area contributed by atoms with Gasteiger partial charge in [0.05, 0.1) is 7.11 Å². The molecule has 0 atom stereocenters. The second kappa shape index (κ2) is 8.09. The van der Waals surface area contributed by atoms with E-state index in [4.69, 9.17) is 9.47 Å². The Morgan fingerprint density at radius 2 is 1.88 bits per heavy atom. The molecule has 0 aliphatic carbocycles. The quantitative estimate of drug-likeness (QED) is 0.747. The van der Waals surface area contributed by atoms with Crippen molar-refractivity contribution in [2.75, 3.05) is 24.3 Å². The Morgan fingerprint density at radius 3 is 2.54 bits per heavy atom. The topological polar surface area (TPSA) is 98.3 Å². The number of nitrogens with zero attached hydrogens (tertiary/aromatic N) is 3. The van der Waals surface area contributed by atoms with Crippen LogP contribution in [0.2, 0.25) is 0 Å². The molecule has 0 aliphatic rings. The number of nitrogens with one attached hydrogen (secondary N) is 2. The molecule has 1 aromatic carbocycles. The number of aromatic nitrogens is 3. The molecule has 0 bridgehead atoms. The van der Waals surface area contributed by atoms with Crippen molar-refractivity contribution in [2.24, 2.45) is 0 Å². The van der Waals surface area contributed by atoms with Crippen LogP contribution in [0.25, 0.3) is 0 Å². The second-order valence-electron chi connectivity index (χ2n) is 5.18. The highest BCUT2D eigenvalue weighted by Crippen LogP contribution is 2.24. The predicted molar refractivity (Wildman–Crippen MR) is 90.6 cm³/mol. The lowest BCUT2D eigenvalue weighted by atomic mass is 10.2. The van der Waals surface area contributed by atoms with E-state index < -0.39 is 5.97 Å². The summed E-state index contributed by atoms with van der Waals surface area (Å²) < 4.78 is 10.5. The van der Waals surface area contributed by atoms with Crippen LogP contribution in [0.15, 0.2) is 24.3 Å². The van der Waals surface area contributed by atoms with Crippen LogP contribution in [0, 0.1) is 0 Å². The van der Waals surface area contributed by atoms with Crippen molar-refractivity contribution in [3.63, 3.8) is 0 Å². The zero-order chi connectivity index (χ0) is 17.5. The van der Waals surface area contributed by atoms with Gasteiger partial charge in [-0.1, -0.05) is 12.1 Å². The van der Waals surface area contributed by atoms with E-state index in [1.54, 1.807) is 24.3 Å². The van der Waals surface area contributed by atoms with E-state index in [2.05, 4.69) is 25.6 Å². The Morgan fingerprint density at radius 1 is 1.17 bits per heavy atom. The third-order valence-corrected chi connectivity index (χ3v) is 2.86. The molecule has 24 heavy (non-hydrogen) atoms. The third-order valence-electron chi connectivity index (χ3n) is 2.86. The molecule has 128 valence electrons. The number of para-hydroxylation sites is 1. The van der Waals surface area contributed by atoms with Gasteiger partial charge in [0, 0.05) is 12.6 Å². The lowest BCUT2D eigenvalue weighted by molar-refractivity contribution is 0.0598. The third kappa shape index (κ3) is 4.55. The van der Waals surface area contributed by atoms with Gasteiger partial charge < -0.3 is 20.1 Å². The highest BCUT2D eigenvalue weighted by Gasteiger charge is 2.15. The minimum absolute atomic E-state index is 0.0838.